The number of hydrogen-bond donors (Lipinski definition) is 0. The molecule has 9 nitrogen and oxygen atoms in total. The first-order valence-electron chi connectivity index (χ1n) is 24.0. The number of unbranched alkanes of at least 4 members (excludes halogenated alkanes) is 26. The van der Waals surface area contributed by atoms with Crippen LogP contribution in [-0.4, -0.2) is 70.0 Å². The minimum Gasteiger partial charge on any atom is -0.756 e. The molecule has 0 heterocycles. The first-order chi connectivity index (χ1) is 28.0. The number of likely N-dealkylation sites (N-methyl/N-ethyl adjacent to an activating group) is 1. The normalized spacial score (nSPS) is 13.7. The monoisotopic (exact) mass is 842 g/mol. The van der Waals surface area contributed by atoms with E-state index in [1.165, 1.54) is 135 Å². The van der Waals surface area contributed by atoms with Crippen LogP contribution in [0.3, 0.4) is 0 Å². The van der Waals surface area contributed by atoms with Crippen molar-refractivity contribution in [2.45, 2.75) is 225 Å². The Hall–Kier alpha value is -1.51. The van der Waals surface area contributed by atoms with Crippen molar-refractivity contribution in [2.75, 3.05) is 47.5 Å². The highest BCUT2D eigenvalue weighted by Gasteiger charge is 2.21. The molecular formula is C48H92NO8P. The summed E-state index contributed by atoms with van der Waals surface area (Å²) in [6.07, 6.45) is 44.8. The molecule has 0 aliphatic heterocycles. The molecule has 0 bridgehead atoms. The van der Waals surface area contributed by atoms with Gasteiger partial charge < -0.3 is 27.9 Å². The fourth-order valence-electron chi connectivity index (χ4n) is 6.69. The molecule has 0 saturated heterocycles. The highest BCUT2D eigenvalue weighted by Crippen LogP contribution is 2.38. The summed E-state index contributed by atoms with van der Waals surface area (Å²) in [7, 11) is 1.17. The van der Waals surface area contributed by atoms with Crippen molar-refractivity contribution in [1.82, 2.24) is 0 Å². The molecule has 0 aromatic heterocycles. The van der Waals surface area contributed by atoms with E-state index in [-0.39, 0.29) is 32.0 Å². The lowest BCUT2D eigenvalue weighted by Crippen LogP contribution is -2.37. The first kappa shape index (κ1) is 56.5. The maximum atomic E-state index is 12.7. The molecule has 58 heavy (non-hydrogen) atoms. The van der Waals surface area contributed by atoms with Gasteiger partial charge in [0.1, 0.15) is 19.8 Å². The minimum absolute atomic E-state index is 0.0296. The van der Waals surface area contributed by atoms with E-state index in [1.807, 2.05) is 21.1 Å². The molecule has 2 unspecified atom stereocenters. The molecule has 0 amide bonds. The Morgan fingerprint density at radius 2 is 0.931 bits per heavy atom. The molecular weight excluding hydrogens is 750 g/mol. The van der Waals surface area contributed by atoms with Gasteiger partial charge in [-0.05, 0) is 44.9 Å². The van der Waals surface area contributed by atoms with Crippen LogP contribution in [0.4, 0.5) is 0 Å². The van der Waals surface area contributed by atoms with Crippen molar-refractivity contribution in [3.63, 3.8) is 0 Å². The van der Waals surface area contributed by atoms with E-state index in [9.17, 15) is 19.0 Å². The van der Waals surface area contributed by atoms with Gasteiger partial charge in [0.15, 0.2) is 6.10 Å². The summed E-state index contributed by atoms with van der Waals surface area (Å²) < 4.78 is 34.0. The average molecular weight is 842 g/mol. The Labute approximate surface area is 358 Å². The van der Waals surface area contributed by atoms with Gasteiger partial charge in [0.2, 0.25) is 0 Å². The zero-order valence-electron chi connectivity index (χ0n) is 38.5. The van der Waals surface area contributed by atoms with Gasteiger partial charge in [0.05, 0.1) is 27.7 Å². The molecule has 342 valence electrons. The maximum Gasteiger partial charge on any atom is 0.306 e. The fraction of sp³-hybridized carbons (Fsp3) is 0.875. The summed E-state index contributed by atoms with van der Waals surface area (Å²) in [6, 6.07) is 0. The molecule has 0 aliphatic carbocycles. The highest BCUT2D eigenvalue weighted by molar-refractivity contribution is 7.45. The van der Waals surface area contributed by atoms with Crippen LogP contribution in [0.25, 0.3) is 0 Å². The maximum absolute atomic E-state index is 12.7. The van der Waals surface area contributed by atoms with Crippen LogP contribution in [0.2, 0.25) is 0 Å². The van der Waals surface area contributed by atoms with Crippen LogP contribution in [-0.2, 0) is 32.7 Å². The number of carbonyl (C=O) groups is 2. The van der Waals surface area contributed by atoms with Crippen LogP contribution in [0.1, 0.15) is 219 Å². The standard InChI is InChI=1S/C48H92NO8P/c1-6-8-10-12-14-16-18-20-22-23-24-25-27-29-31-33-35-37-39-41-48(51)57-46(45-56-58(52,53)55-43-42-49(3,4)5)44-54-47(50)40-38-36-34-32-30-28-26-21-19-17-15-13-11-9-7-2/h14,16,20,22,46H,6-13,15,17-19,21,23-45H2,1-5H3/b16-14-,22-20-. The van der Waals surface area contributed by atoms with Crippen LogP contribution in [0, 0.1) is 0 Å². The van der Waals surface area contributed by atoms with Crippen molar-refractivity contribution >= 4 is 19.8 Å². The third-order valence-corrected chi connectivity index (χ3v) is 11.4. The van der Waals surface area contributed by atoms with Crippen molar-refractivity contribution in [1.29, 1.82) is 0 Å². The van der Waals surface area contributed by atoms with E-state index in [2.05, 4.69) is 38.2 Å². The quantitative estimate of drug-likeness (QED) is 0.0196. The SMILES string of the molecule is CCCCC/C=C\C/C=C\CCCCCCCCCCCC(=O)OC(COC(=O)CCCCCCCCCCCCCCCCC)COP(=O)([O-])OCC[N+](C)(C)C. The van der Waals surface area contributed by atoms with Crippen LogP contribution < -0.4 is 4.89 Å². The molecule has 0 rings (SSSR count). The second kappa shape index (κ2) is 40.9. The Morgan fingerprint density at radius 3 is 1.40 bits per heavy atom. The van der Waals surface area contributed by atoms with Crippen LogP contribution in [0.5, 0.6) is 0 Å². The molecule has 0 N–H and O–H groups in total. The summed E-state index contributed by atoms with van der Waals surface area (Å²) in [5, 5.41) is 0. The molecule has 0 aromatic carbocycles. The van der Waals surface area contributed by atoms with E-state index in [0.717, 1.165) is 51.4 Å². The largest absolute Gasteiger partial charge is 0.756 e. The topological polar surface area (TPSA) is 111 Å². The summed E-state index contributed by atoms with van der Waals surface area (Å²) in [4.78, 5) is 37.6. The van der Waals surface area contributed by atoms with Crippen LogP contribution in [0.15, 0.2) is 24.3 Å². The van der Waals surface area contributed by atoms with Gasteiger partial charge in [-0.25, -0.2) is 0 Å². The lowest BCUT2D eigenvalue weighted by atomic mass is 10.0. The fourth-order valence-corrected chi connectivity index (χ4v) is 7.41. The van der Waals surface area contributed by atoms with Crippen LogP contribution >= 0.6 is 7.82 Å². The molecule has 0 radical (unpaired) electrons. The number of allylic oxidation sites excluding steroid dienone is 4. The van der Waals surface area contributed by atoms with Gasteiger partial charge in [-0.1, -0.05) is 186 Å². The van der Waals surface area contributed by atoms with Gasteiger partial charge in [0, 0.05) is 12.8 Å². The van der Waals surface area contributed by atoms with Gasteiger partial charge in [-0.3, -0.25) is 14.2 Å². The second-order valence-corrected chi connectivity index (χ2v) is 18.9. The number of carbonyl (C=O) groups excluding carboxylic acids is 2. The highest BCUT2D eigenvalue weighted by atomic mass is 31.2. The van der Waals surface area contributed by atoms with E-state index in [4.69, 9.17) is 18.5 Å². The third kappa shape index (κ3) is 44.1. The first-order valence-corrected chi connectivity index (χ1v) is 25.5. The number of ether oxygens (including phenoxy) is 2. The van der Waals surface area contributed by atoms with Crippen molar-refractivity contribution in [3.05, 3.63) is 24.3 Å². The van der Waals surface area contributed by atoms with Gasteiger partial charge in [0.25, 0.3) is 7.82 Å². The summed E-state index contributed by atoms with van der Waals surface area (Å²) in [6.45, 7) is 4.23. The van der Waals surface area contributed by atoms with Crippen molar-refractivity contribution in [2.24, 2.45) is 0 Å². The molecule has 0 aliphatic rings. The number of esters is 2. The van der Waals surface area contributed by atoms with E-state index < -0.39 is 26.5 Å². The number of phosphoric ester groups is 1. The molecule has 0 saturated carbocycles. The zero-order valence-corrected chi connectivity index (χ0v) is 39.4. The molecule has 10 heteroatoms. The number of quaternary nitrogens is 1. The Balaban J connectivity index is 4.28. The van der Waals surface area contributed by atoms with Gasteiger partial charge in [-0.15, -0.1) is 0 Å². The van der Waals surface area contributed by atoms with E-state index in [1.54, 1.807) is 0 Å². The Kier molecular flexibility index (Phi) is 39.8. The summed E-state index contributed by atoms with van der Waals surface area (Å²) in [5.41, 5.74) is 0. The zero-order chi connectivity index (χ0) is 42.8. The third-order valence-electron chi connectivity index (χ3n) is 10.5. The lowest BCUT2D eigenvalue weighted by Gasteiger charge is -2.28. The van der Waals surface area contributed by atoms with E-state index in [0.29, 0.717) is 17.4 Å². The van der Waals surface area contributed by atoms with Gasteiger partial charge in [-0.2, -0.15) is 0 Å². The number of phosphoric acid groups is 1. The smallest absolute Gasteiger partial charge is 0.306 e. The van der Waals surface area contributed by atoms with E-state index >= 15 is 0 Å². The summed E-state index contributed by atoms with van der Waals surface area (Å²) >= 11 is 0. The lowest BCUT2D eigenvalue weighted by molar-refractivity contribution is -0.870. The predicted octanol–water partition coefficient (Wildman–Crippen LogP) is 13.3. The molecule has 2 atom stereocenters. The summed E-state index contributed by atoms with van der Waals surface area (Å²) in [5.74, 6) is -0.829. The molecule has 0 fully saturated rings. The Morgan fingerprint density at radius 1 is 0.534 bits per heavy atom. The predicted molar refractivity (Wildman–Crippen MR) is 241 cm³/mol. The molecule has 0 aromatic rings. The molecule has 0 spiro atoms. The minimum atomic E-state index is -4.62. The number of hydrogen-bond acceptors (Lipinski definition) is 8. The second-order valence-electron chi connectivity index (χ2n) is 17.5. The Bertz CT molecular complexity index is 1040. The number of nitrogens with zero attached hydrogens (tertiary/aromatic N) is 1. The van der Waals surface area contributed by atoms with Crippen molar-refractivity contribution < 1.29 is 42.1 Å². The van der Waals surface area contributed by atoms with Gasteiger partial charge >= 0.3 is 11.9 Å². The number of rotatable bonds is 44. The average Bonchev–Trinajstić information content (AvgIpc) is 3.17. The van der Waals surface area contributed by atoms with Crippen molar-refractivity contribution in [3.8, 4) is 0 Å².